The van der Waals surface area contributed by atoms with Crippen LogP contribution in [0, 0.1) is 0 Å². The van der Waals surface area contributed by atoms with Gasteiger partial charge in [-0.2, -0.15) is 0 Å². The fraction of sp³-hybridized carbons (Fsp3) is 0.500. The van der Waals surface area contributed by atoms with Crippen LogP contribution in [0.2, 0.25) is 5.02 Å². The zero-order valence-corrected chi connectivity index (χ0v) is 12.1. The van der Waals surface area contributed by atoms with Crippen molar-refractivity contribution in [1.82, 2.24) is 5.32 Å². The van der Waals surface area contributed by atoms with Crippen molar-refractivity contribution in [3.8, 4) is 0 Å². The Morgan fingerprint density at radius 1 is 1.30 bits per heavy atom. The van der Waals surface area contributed by atoms with Crippen LogP contribution in [0.5, 0.6) is 0 Å². The van der Waals surface area contributed by atoms with E-state index in [9.17, 15) is 4.79 Å². The van der Waals surface area contributed by atoms with Crippen LogP contribution in [0.3, 0.4) is 0 Å². The highest BCUT2D eigenvalue weighted by molar-refractivity contribution is 6.30. The van der Waals surface area contributed by atoms with Gasteiger partial charge in [-0.3, -0.25) is 0 Å². The molecule has 5 nitrogen and oxygen atoms in total. The van der Waals surface area contributed by atoms with Crippen molar-refractivity contribution in [2.45, 2.75) is 12.8 Å². The van der Waals surface area contributed by atoms with Crippen molar-refractivity contribution in [3.05, 3.63) is 34.9 Å². The molecule has 112 valence electrons. The molecule has 0 radical (unpaired) electrons. The van der Waals surface area contributed by atoms with E-state index in [0.29, 0.717) is 44.2 Å². The molecule has 0 fully saturated rings. The lowest BCUT2D eigenvalue weighted by molar-refractivity contribution is 0.0899. The van der Waals surface area contributed by atoms with Crippen LogP contribution in [0.25, 0.3) is 0 Å². The highest BCUT2D eigenvalue weighted by atomic mass is 35.5. The minimum absolute atomic E-state index is 0.0129. The molecule has 0 bridgehead atoms. The van der Waals surface area contributed by atoms with Crippen molar-refractivity contribution >= 4 is 17.7 Å². The van der Waals surface area contributed by atoms with Crippen LogP contribution in [-0.4, -0.2) is 44.2 Å². The second-order valence-corrected chi connectivity index (χ2v) is 4.57. The third kappa shape index (κ3) is 7.99. The maximum absolute atomic E-state index is 11.3. The van der Waals surface area contributed by atoms with Gasteiger partial charge >= 0.3 is 6.09 Å². The summed E-state index contributed by atoms with van der Waals surface area (Å²) in [6.45, 7) is 1.64. The number of aliphatic hydroxyl groups excluding tert-OH is 1. The topological polar surface area (TPSA) is 67.8 Å². The van der Waals surface area contributed by atoms with E-state index in [2.05, 4.69) is 5.32 Å². The van der Waals surface area contributed by atoms with Gasteiger partial charge in [-0.05, 0) is 24.1 Å². The molecule has 0 atom stereocenters. The van der Waals surface area contributed by atoms with Crippen LogP contribution >= 0.6 is 11.6 Å². The quantitative estimate of drug-likeness (QED) is 0.685. The van der Waals surface area contributed by atoms with Crippen LogP contribution in [0.4, 0.5) is 4.79 Å². The highest BCUT2D eigenvalue weighted by Gasteiger charge is 2.01. The number of hydrogen-bond donors (Lipinski definition) is 2. The first-order valence-corrected chi connectivity index (χ1v) is 6.94. The zero-order valence-electron chi connectivity index (χ0n) is 11.3. The maximum atomic E-state index is 11.3. The van der Waals surface area contributed by atoms with Gasteiger partial charge in [0.15, 0.2) is 0 Å². The van der Waals surface area contributed by atoms with Gasteiger partial charge in [-0.15, -0.1) is 0 Å². The number of aliphatic hydroxyl groups is 1. The van der Waals surface area contributed by atoms with E-state index in [0.717, 1.165) is 5.56 Å². The van der Waals surface area contributed by atoms with Crippen molar-refractivity contribution in [1.29, 1.82) is 0 Å². The van der Waals surface area contributed by atoms with Gasteiger partial charge < -0.3 is 19.9 Å². The molecule has 0 unspecified atom stereocenters. The molecule has 0 saturated carbocycles. The molecule has 0 aliphatic heterocycles. The summed E-state index contributed by atoms with van der Waals surface area (Å²) in [6, 6.07) is 7.45. The van der Waals surface area contributed by atoms with E-state index < -0.39 is 6.09 Å². The Balaban J connectivity index is 2.03. The second kappa shape index (κ2) is 10.5. The number of alkyl carbamates (subject to hydrolysis) is 1. The fourth-order valence-electron chi connectivity index (χ4n) is 1.54. The van der Waals surface area contributed by atoms with Crippen molar-refractivity contribution in [3.63, 3.8) is 0 Å². The number of amides is 1. The monoisotopic (exact) mass is 301 g/mol. The molecule has 6 heteroatoms. The lowest BCUT2D eigenvalue weighted by Crippen LogP contribution is -2.26. The summed E-state index contributed by atoms with van der Waals surface area (Å²) in [4.78, 5) is 11.3. The molecule has 20 heavy (non-hydrogen) atoms. The lowest BCUT2D eigenvalue weighted by atomic mass is 10.2. The minimum atomic E-state index is -0.436. The molecule has 1 rings (SSSR count). The van der Waals surface area contributed by atoms with E-state index in [1.807, 2.05) is 18.2 Å². The first kappa shape index (κ1) is 16.8. The number of benzene rings is 1. The molecule has 0 heterocycles. The summed E-state index contributed by atoms with van der Waals surface area (Å²) in [6.07, 6.45) is 0.881. The molecule has 0 aliphatic rings. The van der Waals surface area contributed by atoms with E-state index in [-0.39, 0.29) is 6.61 Å². The Morgan fingerprint density at radius 2 is 2.15 bits per heavy atom. The van der Waals surface area contributed by atoms with E-state index >= 15 is 0 Å². The van der Waals surface area contributed by atoms with Gasteiger partial charge in [0.25, 0.3) is 0 Å². The largest absolute Gasteiger partial charge is 0.449 e. The third-order valence-corrected chi connectivity index (χ3v) is 2.72. The molecule has 1 aromatic rings. The highest BCUT2D eigenvalue weighted by Crippen LogP contribution is 2.10. The first-order valence-electron chi connectivity index (χ1n) is 6.56. The molecule has 0 aliphatic carbocycles. The minimum Gasteiger partial charge on any atom is -0.449 e. The summed E-state index contributed by atoms with van der Waals surface area (Å²) in [7, 11) is 0. The zero-order chi connectivity index (χ0) is 14.6. The number of ether oxygens (including phenoxy) is 2. The van der Waals surface area contributed by atoms with Crippen LogP contribution in [-0.2, 0) is 15.9 Å². The smallest absolute Gasteiger partial charge is 0.407 e. The van der Waals surface area contributed by atoms with E-state index in [1.165, 1.54) is 0 Å². The Hall–Kier alpha value is -1.30. The number of hydrogen-bond acceptors (Lipinski definition) is 4. The second-order valence-electron chi connectivity index (χ2n) is 4.13. The molecule has 2 N–H and O–H groups in total. The molecule has 0 aromatic heterocycles. The molecule has 0 saturated heterocycles. The maximum Gasteiger partial charge on any atom is 0.407 e. The Bertz CT molecular complexity index is 401. The van der Waals surface area contributed by atoms with Crippen LogP contribution in [0.15, 0.2) is 24.3 Å². The van der Waals surface area contributed by atoms with Gasteiger partial charge in [0.1, 0.15) is 0 Å². The summed E-state index contributed by atoms with van der Waals surface area (Å²) in [5.74, 6) is 0. The average molecular weight is 302 g/mol. The molecular formula is C14H20ClNO4. The first-order chi connectivity index (χ1) is 9.72. The molecule has 0 spiro atoms. The summed E-state index contributed by atoms with van der Waals surface area (Å²) < 4.78 is 10.1. The molecule has 1 amide bonds. The summed E-state index contributed by atoms with van der Waals surface area (Å²) >= 11 is 5.86. The Labute approximate surface area is 123 Å². The van der Waals surface area contributed by atoms with Gasteiger partial charge in [0.05, 0.1) is 19.8 Å². The van der Waals surface area contributed by atoms with Gasteiger partial charge in [0, 0.05) is 24.6 Å². The van der Waals surface area contributed by atoms with Crippen molar-refractivity contribution in [2.24, 2.45) is 0 Å². The van der Waals surface area contributed by atoms with Crippen molar-refractivity contribution in [2.75, 3.05) is 33.0 Å². The normalized spacial score (nSPS) is 10.3. The van der Waals surface area contributed by atoms with Crippen LogP contribution < -0.4 is 5.32 Å². The van der Waals surface area contributed by atoms with Crippen molar-refractivity contribution < 1.29 is 19.4 Å². The summed E-state index contributed by atoms with van der Waals surface area (Å²) in [5.41, 5.74) is 1.03. The number of halogens is 1. The standard InChI is InChI=1S/C14H20ClNO4/c15-13-4-1-3-12(11-13)5-9-20-14(18)16-6-2-8-19-10-7-17/h1,3-4,11,17H,2,5-10H2,(H,16,18). The van der Waals surface area contributed by atoms with Gasteiger partial charge in [0.2, 0.25) is 0 Å². The fourth-order valence-corrected chi connectivity index (χ4v) is 1.75. The predicted octanol–water partition coefficient (Wildman–Crippen LogP) is 2.01. The van der Waals surface area contributed by atoms with Gasteiger partial charge in [-0.25, -0.2) is 4.79 Å². The Kier molecular flexibility index (Phi) is 8.78. The number of carbonyl (C=O) groups excluding carboxylic acids is 1. The number of nitrogens with one attached hydrogen (secondary N) is 1. The number of carbonyl (C=O) groups is 1. The molecular weight excluding hydrogens is 282 g/mol. The Morgan fingerprint density at radius 3 is 2.90 bits per heavy atom. The van der Waals surface area contributed by atoms with E-state index in [1.54, 1.807) is 6.07 Å². The average Bonchev–Trinajstić information content (AvgIpc) is 2.43. The number of rotatable bonds is 9. The third-order valence-electron chi connectivity index (χ3n) is 2.48. The SMILES string of the molecule is O=C(NCCCOCCO)OCCc1cccc(Cl)c1. The lowest BCUT2D eigenvalue weighted by Gasteiger charge is -2.07. The van der Waals surface area contributed by atoms with E-state index in [4.69, 9.17) is 26.2 Å². The predicted molar refractivity (Wildman–Crippen MR) is 77.0 cm³/mol. The molecule has 1 aromatic carbocycles. The summed E-state index contributed by atoms with van der Waals surface area (Å²) in [5, 5.41) is 11.8. The van der Waals surface area contributed by atoms with Gasteiger partial charge in [-0.1, -0.05) is 23.7 Å². The van der Waals surface area contributed by atoms with Crippen LogP contribution in [0.1, 0.15) is 12.0 Å².